The lowest BCUT2D eigenvalue weighted by Gasteiger charge is -2.15. The summed E-state index contributed by atoms with van der Waals surface area (Å²) in [4.78, 5) is 20.0. The number of hydrogen-bond donors (Lipinski definition) is 2. The highest BCUT2D eigenvalue weighted by Gasteiger charge is 2.21. The fourth-order valence-electron chi connectivity index (χ4n) is 2.14. The van der Waals surface area contributed by atoms with Crippen molar-refractivity contribution in [3.8, 4) is 0 Å². The molecule has 0 radical (unpaired) electrons. The molecule has 2 N–H and O–H groups in total. The van der Waals surface area contributed by atoms with E-state index in [9.17, 15) is 4.79 Å². The van der Waals surface area contributed by atoms with E-state index < -0.39 is 0 Å². The number of nitrogens with one attached hydrogen (secondary N) is 2. The molecule has 1 atom stereocenters. The maximum Gasteiger partial charge on any atom is 0.268 e. The molecule has 116 valence electrons. The second-order valence-electron chi connectivity index (χ2n) is 6.40. The lowest BCUT2D eigenvalue weighted by atomic mass is 9.93. The van der Waals surface area contributed by atoms with Gasteiger partial charge in [0, 0.05) is 22.9 Å². The van der Waals surface area contributed by atoms with Crippen LogP contribution in [0.25, 0.3) is 11.1 Å². The van der Waals surface area contributed by atoms with Crippen molar-refractivity contribution in [2.24, 2.45) is 0 Å². The molecule has 0 aliphatic carbocycles. The molecule has 5 nitrogen and oxygen atoms in total. The summed E-state index contributed by atoms with van der Waals surface area (Å²) >= 11 is 1.57. The SMILES string of the molecule is C[C@@H](NC(=O)c1cc2occc2[nH]1)c1nc(C(C)(C)C)cs1. The summed E-state index contributed by atoms with van der Waals surface area (Å²) in [6.45, 7) is 8.32. The van der Waals surface area contributed by atoms with Crippen LogP contribution in [0.1, 0.15) is 54.9 Å². The highest BCUT2D eigenvalue weighted by atomic mass is 32.1. The van der Waals surface area contributed by atoms with Crippen LogP contribution in [0, 0.1) is 0 Å². The van der Waals surface area contributed by atoms with Crippen LogP contribution < -0.4 is 5.32 Å². The van der Waals surface area contributed by atoms with Crippen molar-refractivity contribution < 1.29 is 9.21 Å². The van der Waals surface area contributed by atoms with Gasteiger partial charge in [0.05, 0.1) is 23.5 Å². The van der Waals surface area contributed by atoms with E-state index in [4.69, 9.17) is 4.42 Å². The van der Waals surface area contributed by atoms with E-state index in [0.29, 0.717) is 11.3 Å². The van der Waals surface area contributed by atoms with Gasteiger partial charge in [0.15, 0.2) is 5.58 Å². The van der Waals surface area contributed by atoms with Gasteiger partial charge in [0.2, 0.25) is 0 Å². The lowest BCUT2D eigenvalue weighted by molar-refractivity contribution is 0.0935. The summed E-state index contributed by atoms with van der Waals surface area (Å²) in [6, 6.07) is 3.37. The molecule has 0 aliphatic rings. The molecule has 3 aromatic rings. The van der Waals surface area contributed by atoms with Crippen LogP contribution in [0.3, 0.4) is 0 Å². The Balaban J connectivity index is 1.73. The zero-order chi connectivity index (χ0) is 15.9. The van der Waals surface area contributed by atoms with Crippen LogP contribution in [0.15, 0.2) is 28.2 Å². The molecule has 3 rings (SSSR count). The molecule has 0 bridgehead atoms. The van der Waals surface area contributed by atoms with Crippen LogP contribution in [0.4, 0.5) is 0 Å². The zero-order valence-corrected chi connectivity index (χ0v) is 13.9. The average molecular weight is 317 g/mol. The standard InChI is InChI=1S/C16H19N3O2S/c1-9(15-19-13(8-22-15)16(2,3)4)17-14(20)11-7-12-10(18-11)5-6-21-12/h5-9,18H,1-4H3,(H,17,20)/t9-/m1/s1. The minimum atomic E-state index is -0.161. The van der Waals surface area contributed by atoms with Gasteiger partial charge in [-0.1, -0.05) is 20.8 Å². The lowest BCUT2D eigenvalue weighted by Crippen LogP contribution is -2.27. The van der Waals surface area contributed by atoms with Crippen LogP contribution >= 0.6 is 11.3 Å². The first-order chi connectivity index (χ1) is 10.3. The van der Waals surface area contributed by atoms with Crippen molar-refractivity contribution in [3.05, 3.63) is 40.2 Å². The molecule has 3 heterocycles. The number of aromatic nitrogens is 2. The van der Waals surface area contributed by atoms with Crippen molar-refractivity contribution in [3.63, 3.8) is 0 Å². The molecule has 22 heavy (non-hydrogen) atoms. The number of aromatic amines is 1. The predicted octanol–water partition coefficient (Wildman–Crippen LogP) is 4.01. The van der Waals surface area contributed by atoms with Crippen LogP contribution in [0.2, 0.25) is 0 Å². The number of carbonyl (C=O) groups is 1. The number of H-pyrrole nitrogens is 1. The third-order valence-electron chi connectivity index (χ3n) is 3.49. The number of rotatable bonds is 3. The molecule has 0 fully saturated rings. The number of carbonyl (C=O) groups excluding carboxylic acids is 1. The van der Waals surface area contributed by atoms with Gasteiger partial charge >= 0.3 is 0 Å². The molecule has 0 aliphatic heterocycles. The molecule has 1 amide bonds. The summed E-state index contributed by atoms with van der Waals surface area (Å²) in [5.74, 6) is -0.161. The Morgan fingerprint density at radius 3 is 2.86 bits per heavy atom. The number of furan rings is 1. The number of amides is 1. The number of fused-ring (bicyclic) bond motifs is 1. The van der Waals surface area contributed by atoms with Crippen molar-refractivity contribution in [2.75, 3.05) is 0 Å². The third kappa shape index (κ3) is 2.78. The van der Waals surface area contributed by atoms with E-state index in [1.54, 1.807) is 29.7 Å². The first kappa shape index (κ1) is 14.8. The first-order valence-electron chi connectivity index (χ1n) is 7.17. The minimum absolute atomic E-state index is 0.0163. The summed E-state index contributed by atoms with van der Waals surface area (Å²) in [5.41, 5.74) is 3.06. The Morgan fingerprint density at radius 1 is 1.45 bits per heavy atom. The zero-order valence-electron chi connectivity index (χ0n) is 13.1. The van der Waals surface area contributed by atoms with E-state index in [-0.39, 0.29) is 17.4 Å². The topological polar surface area (TPSA) is 70.9 Å². The predicted molar refractivity (Wildman–Crippen MR) is 87.3 cm³/mol. The van der Waals surface area contributed by atoms with Crippen LogP contribution in [0.5, 0.6) is 0 Å². The summed E-state index contributed by atoms with van der Waals surface area (Å²) in [7, 11) is 0. The van der Waals surface area contributed by atoms with Crippen molar-refractivity contribution >= 4 is 28.3 Å². The van der Waals surface area contributed by atoms with Crippen molar-refractivity contribution in [2.45, 2.75) is 39.2 Å². The molecule has 0 aromatic carbocycles. The second kappa shape index (κ2) is 5.28. The highest BCUT2D eigenvalue weighted by molar-refractivity contribution is 7.09. The van der Waals surface area contributed by atoms with Crippen molar-refractivity contribution in [1.29, 1.82) is 0 Å². The fraction of sp³-hybridized carbons (Fsp3) is 0.375. The second-order valence-corrected chi connectivity index (χ2v) is 7.29. The smallest absolute Gasteiger partial charge is 0.268 e. The Morgan fingerprint density at radius 2 is 2.23 bits per heavy atom. The highest BCUT2D eigenvalue weighted by Crippen LogP contribution is 2.27. The first-order valence-corrected chi connectivity index (χ1v) is 8.05. The summed E-state index contributed by atoms with van der Waals surface area (Å²) in [6.07, 6.45) is 1.59. The molecular weight excluding hydrogens is 298 g/mol. The monoisotopic (exact) mass is 317 g/mol. The largest absolute Gasteiger partial charge is 0.463 e. The van der Waals surface area contributed by atoms with Gasteiger partial charge in [-0.15, -0.1) is 11.3 Å². The number of nitrogens with zero attached hydrogens (tertiary/aromatic N) is 1. The number of hydrogen-bond acceptors (Lipinski definition) is 4. The molecule has 6 heteroatoms. The molecule has 0 saturated heterocycles. The van der Waals surface area contributed by atoms with Gasteiger partial charge < -0.3 is 14.7 Å². The molecule has 0 saturated carbocycles. The van der Waals surface area contributed by atoms with Gasteiger partial charge in [-0.05, 0) is 6.92 Å². The Labute approximate surface area is 132 Å². The van der Waals surface area contributed by atoms with E-state index in [0.717, 1.165) is 16.2 Å². The van der Waals surface area contributed by atoms with Gasteiger partial charge in [-0.25, -0.2) is 4.98 Å². The fourth-order valence-corrected chi connectivity index (χ4v) is 3.19. The Hall–Kier alpha value is -2.08. The van der Waals surface area contributed by atoms with Gasteiger partial charge in [-0.2, -0.15) is 0 Å². The maximum absolute atomic E-state index is 12.3. The van der Waals surface area contributed by atoms with E-state index in [2.05, 4.69) is 41.4 Å². The molecular formula is C16H19N3O2S. The van der Waals surface area contributed by atoms with E-state index >= 15 is 0 Å². The maximum atomic E-state index is 12.3. The number of thiazole rings is 1. The molecule has 0 spiro atoms. The third-order valence-corrected chi connectivity index (χ3v) is 4.52. The normalized spacial score (nSPS) is 13.5. The van der Waals surface area contributed by atoms with E-state index in [1.165, 1.54) is 0 Å². The van der Waals surface area contributed by atoms with Gasteiger partial charge in [0.25, 0.3) is 5.91 Å². The molecule has 3 aromatic heterocycles. The summed E-state index contributed by atoms with van der Waals surface area (Å²) in [5, 5.41) is 5.93. The quantitative estimate of drug-likeness (QED) is 0.767. The van der Waals surface area contributed by atoms with Crippen molar-refractivity contribution in [1.82, 2.24) is 15.3 Å². The van der Waals surface area contributed by atoms with Gasteiger partial charge in [0.1, 0.15) is 10.7 Å². The van der Waals surface area contributed by atoms with Crippen LogP contribution in [-0.2, 0) is 5.41 Å². The Kier molecular flexibility index (Phi) is 3.56. The van der Waals surface area contributed by atoms with Gasteiger partial charge in [-0.3, -0.25) is 4.79 Å². The minimum Gasteiger partial charge on any atom is -0.463 e. The molecule has 0 unspecified atom stereocenters. The van der Waals surface area contributed by atoms with Crippen LogP contribution in [-0.4, -0.2) is 15.9 Å². The summed E-state index contributed by atoms with van der Waals surface area (Å²) < 4.78 is 5.26. The average Bonchev–Trinajstić information content (AvgIpc) is 3.12. The Bertz CT molecular complexity index is 778. The van der Waals surface area contributed by atoms with E-state index in [1.807, 2.05) is 6.92 Å².